The number of hydrogen-bond donors (Lipinski definition) is 1. The first-order valence-corrected chi connectivity index (χ1v) is 10.9. The zero-order chi connectivity index (χ0) is 22.8. The molecule has 1 aliphatic heterocycles. The van der Waals surface area contributed by atoms with Crippen LogP contribution in [0.1, 0.15) is 32.1 Å². The predicted molar refractivity (Wildman–Crippen MR) is 121 cm³/mol. The van der Waals surface area contributed by atoms with E-state index in [9.17, 15) is 10.1 Å². The van der Waals surface area contributed by atoms with Gasteiger partial charge < -0.3 is 10.2 Å². The van der Waals surface area contributed by atoms with E-state index in [1.807, 2.05) is 41.2 Å². The Balaban J connectivity index is 1.35. The minimum absolute atomic E-state index is 0.0348. The lowest BCUT2D eigenvalue weighted by molar-refractivity contribution is -0.117. The van der Waals surface area contributed by atoms with E-state index in [2.05, 4.69) is 32.5 Å². The number of aromatic nitrogens is 4. The predicted octanol–water partition coefficient (Wildman–Crippen LogP) is 3.75. The highest BCUT2D eigenvalue weighted by Gasteiger charge is 2.46. The lowest BCUT2D eigenvalue weighted by atomic mass is 9.67. The molecule has 0 atom stereocenters. The van der Waals surface area contributed by atoms with Crippen LogP contribution in [0.2, 0.25) is 0 Å². The third-order valence-electron chi connectivity index (χ3n) is 6.35. The van der Waals surface area contributed by atoms with Gasteiger partial charge in [-0.2, -0.15) is 15.6 Å². The Hall–Kier alpha value is -4.24. The summed E-state index contributed by atoms with van der Waals surface area (Å²) in [5.41, 5.74) is 2.75. The first-order valence-electron chi connectivity index (χ1n) is 10.9. The summed E-state index contributed by atoms with van der Waals surface area (Å²) in [6, 6.07) is 14.0. The van der Waals surface area contributed by atoms with Crippen LogP contribution in [0.5, 0.6) is 0 Å². The third-order valence-corrected chi connectivity index (χ3v) is 6.35. The van der Waals surface area contributed by atoms with Crippen molar-refractivity contribution < 1.29 is 4.79 Å². The van der Waals surface area contributed by atoms with Crippen LogP contribution in [0.15, 0.2) is 48.9 Å². The molecule has 3 aromatic rings. The average molecular weight is 438 g/mol. The van der Waals surface area contributed by atoms with E-state index >= 15 is 0 Å². The molecule has 0 bridgehead atoms. The fourth-order valence-electron chi connectivity index (χ4n) is 4.60. The first kappa shape index (κ1) is 20.7. The van der Waals surface area contributed by atoms with Gasteiger partial charge in [0.25, 0.3) is 0 Å². The van der Waals surface area contributed by atoms with Crippen LogP contribution < -0.4 is 10.2 Å². The number of amides is 1. The molecule has 5 rings (SSSR count). The number of nitriles is 2. The molecule has 1 N–H and O–H groups in total. The number of benzene rings is 1. The van der Waals surface area contributed by atoms with Gasteiger partial charge in [-0.15, -0.1) is 0 Å². The largest absolute Gasteiger partial charge is 0.324 e. The Morgan fingerprint density at radius 1 is 1.24 bits per heavy atom. The molecule has 2 aliphatic rings. The minimum atomic E-state index is -0.422. The summed E-state index contributed by atoms with van der Waals surface area (Å²) >= 11 is 0. The van der Waals surface area contributed by atoms with E-state index in [0.29, 0.717) is 37.3 Å². The van der Waals surface area contributed by atoms with E-state index in [4.69, 9.17) is 5.26 Å². The Morgan fingerprint density at radius 2 is 2.12 bits per heavy atom. The lowest BCUT2D eigenvalue weighted by Crippen LogP contribution is -2.46. The molecule has 1 saturated carbocycles. The van der Waals surface area contributed by atoms with E-state index in [-0.39, 0.29) is 11.8 Å². The van der Waals surface area contributed by atoms with Crippen LogP contribution in [-0.2, 0) is 10.3 Å². The van der Waals surface area contributed by atoms with Crippen molar-refractivity contribution in [1.82, 2.24) is 19.7 Å². The van der Waals surface area contributed by atoms with Crippen LogP contribution in [-0.4, -0.2) is 32.2 Å². The van der Waals surface area contributed by atoms with Crippen molar-refractivity contribution in [2.45, 2.75) is 37.6 Å². The zero-order valence-corrected chi connectivity index (χ0v) is 18.0. The molecule has 1 aliphatic carbocycles. The molecule has 3 heterocycles. The van der Waals surface area contributed by atoms with Crippen molar-refractivity contribution in [3.05, 3.63) is 48.9 Å². The molecule has 33 heavy (non-hydrogen) atoms. The minimum Gasteiger partial charge on any atom is -0.324 e. The van der Waals surface area contributed by atoms with Crippen LogP contribution in [0.4, 0.5) is 17.3 Å². The number of hydrogen-bond acceptors (Lipinski definition) is 7. The highest BCUT2D eigenvalue weighted by Crippen LogP contribution is 2.46. The smallest absolute Gasteiger partial charge is 0.227 e. The molecular weight excluding hydrogens is 416 g/mol. The number of anilines is 3. The summed E-state index contributed by atoms with van der Waals surface area (Å²) < 4.78 is 1.81. The summed E-state index contributed by atoms with van der Waals surface area (Å²) in [7, 11) is 0. The maximum absolute atomic E-state index is 12.1. The summed E-state index contributed by atoms with van der Waals surface area (Å²) in [4.78, 5) is 22.8. The van der Waals surface area contributed by atoms with Crippen molar-refractivity contribution in [1.29, 1.82) is 10.5 Å². The quantitative estimate of drug-likeness (QED) is 0.621. The standard InChI is InChI=1S/C24H22N8O/c25-8-7-24(12-17(13-24)14-26)32-16-18(15-28-32)21-6-9-27-23(30-21)29-19-3-1-4-20(11-19)31-10-2-5-22(31)33/h1,3-4,6,9,11,15-17H,2,5,7,10,12-13H2,(H,27,29,30). The molecular formula is C24H22N8O. The van der Waals surface area contributed by atoms with Crippen LogP contribution >= 0.6 is 0 Å². The highest BCUT2D eigenvalue weighted by molar-refractivity contribution is 5.95. The van der Waals surface area contributed by atoms with Gasteiger partial charge in [0.15, 0.2) is 0 Å². The Kier molecular flexibility index (Phi) is 5.23. The van der Waals surface area contributed by atoms with Gasteiger partial charge in [0.1, 0.15) is 0 Å². The molecule has 2 aromatic heterocycles. The Labute approximate surface area is 191 Å². The number of carbonyl (C=O) groups excluding carboxylic acids is 1. The van der Waals surface area contributed by atoms with E-state index in [1.165, 1.54) is 0 Å². The van der Waals surface area contributed by atoms with E-state index in [0.717, 1.165) is 29.9 Å². The maximum atomic E-state index is 12.1. The zero-order valence-electron chi connectivity index (χ0n) is 18.0. The molecule has 2 fully saturated rings. The topological polar surface area (TPSA) is 124 Å². The number of carbonyl (C=O) groups is 1. The van der Waals surface area contributed by atoms with Gasteiger partial charge in [0.2, 0.25) is 11.9 Å². The average Bonchev–Trinajstić information content (AvgIpc) is 3.46. The van der Waals surface area contributed by atoms with Gasteiger partial charge in [0.05, 0.1) is 41.9 Å². The van der Waals surface area contributed by atoms with Gasteiger partial charge in [-0.25, -0.2) is 9.97 Å². The fraction of sp³-hybridized carbons (Fsp3) is 0.333. The molecule has 0 unspecified atom stereocenters. The number of rotatable bonds is 6. The molecule has 9 nitrogen and oxygen atoms in total. The van der Waals surface area contributed by atoms with Crippen molar-refractivity contribution in [3.63, 3.8) is 0 Å². The number of nitrogens with zero attached hydrogens (tertiary/aromatic N) is 7. The Morgan fingerprint density at radius 3 is 2.88 bits per heavy atom. The second kappa shape index (κ2) is 8.36. The van der Waals surface area contributed by atoms with Gasteiger partial charge in [-0.3, -0.25) is 9.48 Å². The van der Waals surface area contributed by atoms with Crippen molar-refractivity contribution in [2.24, 2.45) is 5.92 Å². The van der Waals surface area contributed by atoms with E-state index in [1.54, 1.807) is 17.3 Å². The highest BCUT2D eigenvalue weighted by atomic mass is 16.2. The maximum Gasteiger partial charge on any atom is 0.227 e. The van der Waals surface area contributed by atoms with Crippen LogP contribution in [0, 0.1) is 28.6 Å². The second-order valence-corrected chi connectivity index (χ2v) is 8.56. The van der Waals surface area contributed by atoms with Gasteiger partial charge in [-0.05, 0) is 43.5 Å². The summed E-state index contributed by atoms with van der Waals surface area (Å²) in [5, 5.41) is 26.1. The summed E-state index contributed by atoms with van der Waals surface area (Å²) in [6.07, 6.45) is 8.33. The summed E-state index contributed by atoms with van der Waals surface area (Å²) in [6.45, 7) is 0.737. The van der Waals surface area contributed by atoms with Gasteiger partial charge >= 0.3 is 0 Å². The summed E-state index contributed by atoms with van der Waals surface area (Å²) in [5.74, 6) is 0.543. The van der Waals surface area contributed by atoms with Crippen molar-refractivity contribution >= 4 is 23.2 Å². The SMILES string of the molecule is N#CCC1(n2cc(-c3ccnc(Nc4cccc(N5CCCC5=O)c4)n3)cn2)CC(C#N)C1. The lowest BCUT2D eigenvalue weighted by Gasteiger charge is -2.43. The second-order valence-electron chi connectivity index (χ2n) is 8.56. The number of nitrogens with one attached hydrogen (secondary N) is 1. The molecule has 1 saturated heterocycles. The van der Waals surface area contributed by atoms with Crippen LogP contribution in [0.3, 0.4) is 0 Å². The van der Waals surface area contributed by atoms with Gasteiger partial charge in [-0.1, -0.05) is 6.07 Å². The molecule has 1 aromatic carbocycles. The first-order chi connectivity index (χ1) is 16.1. The fourth-order valence-corrected chi connectivity index (χ4v) is 4.60. The molecule has 0 radical (unpaired) electrons. The normalized spacial score (nSPS) is 21.8. The Bertz CT molecular complexity index is 1280. The van der Waals surface area contributed by atoms with Crippen LogP contribution in [0.25, 0.3) is 11.3 Å². The van der Waals surface area contributed by atoms with Crippen molar-refractivity contribution in [2.75, 3.05) is 16.8 Å². The monoisotopic (exact) mass is 438 g/mol. The molecule has 9 heteroatoms. The van der Waals surface area contributed by atoms with Crippen molar-refractivity contribution in [3.8, 4) is 23.4 Å². The molecule has 1 amide bonds. The van der Waals surface area contributed by atoms with Gasteiger partial charge in [0, 0.05) is 42.3 Å². The molecule has 164 valence electrons. The third kappa shape index (κ3) is 3.90. The molecule has 0 spiro atoms. The van der Waals surface area contributed by atoms with E-state index < -0.39 is 5.54 Å².